The second-order valence-corrected chi connectivity index (χ2v) is 10.1. The van der Waals surface area contributed by atoms with Gasteiger partial charge in [-0.05, 0) is 56.0 Å². The average Bonchev–Trinajstić information content (AvgIpc) is 2.80. The SMILES string of the molecule is Cc1ccc2c(COC(=O)c3ccc(F)c(S(=O)(=O)N4CCCCC4)c3)cc(=O)oc2c1C. The highest BCUT2D eigenvalue weighted by Gasteiger charge is 2.29. The zero-order chi connectivity index (χ0) is 23.8. The summed E-state index contributed by atoms with van der Waals surface area (Å²) < 4.78 is 52.1. The fraction of sp³-hybridized carbons (Fsp3) is 0.333. The third kappa shape index (κ3) is 4.56. The van der Waals surface area contributed by atoms with Crippen molar-refractivity contribution >= 4 is 27.0 Å². The van der Waals surface area contributed by atoms with E-state index in [0.29, 0.717) is 42.5 Å². The monoisotopic (exact) mass is 473 g/mol. The predicted octanol–water partition coefficient (Wildman–Crippen LogP) is 4.08. The van der Waals surface area contributed by atoms with Crippen molar-refractivity contribution in [2.75, 3.05) is 13.1 Å². The van der Waals surface area contributed by atoms with Gasteiger partial charge in [-0.25, -0.2) is 22.4 Å². The molecule has 4 rings (SSSR count). The Morgan fingerprint density at radius 2 is 1.82 bits per heavy atom. The van der Waals surface area contributed by atoms with Crippen LogP contribution in [-0.2, 0) is 21.4 Å². The molecule has 3 aromatic rings. The zero-order valence-electron chi connectivity index (χ0n) is 18.4. The van der Waals surface area contributed by atoms with E-state index < -0.39 is 32.3 Å². The summed E-state index contributed by atoms with van der Waals surface area (Å²) in [6, 6.07) is 8.05. The number of carbonyl (C=O) groups is 1. The molecule has 0 saturated carbocycles. The number of hydrogen-bond donors (Lipinski definition) is 0. The number of nitrogens with zero attached hydrogens (tertiary/aromatic N) is 1. The van der Waals surface area contributed by atoms with Gasteiger partial charge in [-0.1, -0.05) is 18.6 Å². The van der Waals surface area contributed by atoms with Gasteiger partial charge in [0.1, 0.15) is 22.9 Å². The van der Waals surface area contributed by atoms with Gasteiger partial charge in [0.05, 0.1) is 5.56 Å². The lowest BCUT2D eigenvalue weighted by atomic mass is 10.0. The molecule has 174 valence electrons. The summed E-state index contributed by atoms with van der Waals surface area (Å²) in [7, 11) is -4.06. The van der Waals surface area contributed by atoms with Gasteiger partial charge < -0.3 is 9.15 Å². The van der Waals surface area contributed by atoms with E-state index in [-0.39, 0.29) is 12.2 Å². The molecule has 0 bridgehead atoms. The van der Waals surface area contributed by atoms with Crippen LogP contribution in [0.15, 0.2) is 50.5 Å². The van der Waals surface area contributed by atoms with Crippen molar-refractivity contribution in [2.24, 2.45) is 0 Å². The molecule has 0 radical (unpaired) electrons. The smallest absolute Gasteiger partial charge is 0.338 e. The number of ether oxygens (including phenoxy) is 1. The van der Waals surface area contributed by atoms with E-state index >= 15 is 0 Å². The molecular formula is C24H24FNO6S. The molecule has 7 nitrogen and oxygen atoms in total. The van der Waals surface area contributed by atoms with Gasteiger partial charge in [-0.2, -0.15) is 4.31 Å². The molecular weight excluding hydrogens is 449 g/mol. The van der Waals surface area contributed by atoms with Gasteiger partial charge in [0, 0.05) is 30.1 Å². The molecule has 1 saturated heterocycles. The number of hydrogen-bond acceptors (Lipinski definition) is 6. The maximum Gasteiger partial charge on any atom is 0.338 e. The Bertz CT molecular complexity index is 1390. The van der Waals surface area contributed by atoms with Crippen LogP contribution in [0.2, 0.25) is 0 Å². The van der Waals surface area contributed by atoms with E-state index in [1.807, 2.05) is 19.9 Å². The van der Waals surface area contributed by atoms with Gasteiger partial charge in [-0.3, -0.25) is 0 Å². The lowest BCUT2D eigenvalue weighted by molar-refractivity contribution is 0.0473. The second-order valence-electron chi connectivity index (χ2n) is 8.16. The summed E-state index contributed by atoms with van der Waals surface area (Å²) in [6.45, 7) is 4.14. The van der Waals surface area contributed by atoms with Crippen LogP contribution in [0, 0.1) is 19.7 Å². The Labute approximate surface area is 190 Å². The minimum Gasteiger partial charge on any atom is -0.457 e. The van der Waals surface area contributed by atoms with Crippen LogP contribution in [0.3, 0.4) is 0 Å². The third-order valence-electron chi connectivity index (χ3n) is 5.98. The molecule has 0 atom stereocenters. The van der Waals surface area contributed by atoms with Crippen molar-refractivity contribution in [2.45, 2.75) is 44.6 Å². The molecule has 0 amide bonds. The van der Waals surface area contributed by atoms with E-state index in [9.17, 15) is 22.4 Å². The Morgan fingerprint density at radius 1 is 1.09 bits per heavy atom. The maximum absolute atomic E-state index is 14.4. The summed E-state index contributed by atoms with van der Waals surface area (Å²) >= 11 is 0. The largest absolute Gasteiger partial charge is 0.457 e. The van der Waals surface area contributed by atoms with Crippen LogP contribution < -0.4 is 5.63 Å². The summed E-state index contributed by atoms with van der Waals surface area (Å²) in [5.41, 5.74) is 1.98. The van der Waals surface area contributed by atoms with Crippen LogP contribution in [-0.4, -0.2) is 31.8 Å². The van der Waals surface area contributed by atoms with Gasteiger partial charge in [0.25, 0.3) is 0 Å². The number of halogens is 1. The Balaban J connectivity index is 1.60. The number of esters is 1. The molecule has 9 heteroatoms. The predicted molar refractivity (Wildman–Crippen MR) is 120 cm³/mol. The molecule has 0 unspecified atom stereocenters. The number of fused-ring (bicyclic) bond motifs is 1. The molecule has 2 heterocycles. The summed E-state index contributed by atoms with van der Waals surface area (Å²) in [4.78, 5) is 24.1. The highest BCUT2D eigenvalue weighted by atomic mass is 32.2. The maximum atomic E-state index is 14.4. The number of sulfonamides is 1. The Hall–Kier alpha value is -3.04. The van der Waals surface area contributed by atoms with Crippen molar-refractivity contribution in [3.05, 3.63) is 74.9 Å². The average molecular weight is 474 g/mol. The van der Waals surface area contributed by atoms with Gasteiger partial charge >= 0.3 is 11.6 Å². The van der Waals surface area contributed by atoms with Gasteiger partial charge in [0.2, 0.25) is 10.0 Å². The molecule has 0 N–H and O–H groups in total. The number of rotatable bonds is 5. The molecule has 1 aliphatic heterocycles. The van der Waals surface area contributed by atoms with Crippen LogP contribution in [0.4, 0.5) is 4.39 Å². The first-order chi connectivity index (χ1) is 15.7. The quantitative estimate of drug-likeness (QED) is 0.409. The topological polar surface area (TPSA) is 93.9 Å². The molecule has 33 heavy (non-hydrogen) atoms. The Morgan fingerprint density at radius 3 is 2.55 bits per heavy atom. The van der Waals surface area contributed by atoms with E-state index in [1.54, 1.807) is 6.07 Å². The molecule has 1 aliphatic rings. The normalized spacial score (nSPS) is 15.0. The van der Waals surface area contributed by atoms with Gasteiger partial charge in [0.15, 0.2) is 0 Å². The number of piperidine rings is 1. The van der Waals surface area contributed by atoms with Crippen LogP contribution in [0.1, 0.15) is 46.3 Å². The van der Waals surface area contributed by atoms with Crippen molar-refractivity contribution in [1.29, 1.82) is 0 Å². The van der Waals surface area contributed by atoms with Crippen molar-refractivity contribution < 1.29 is 26.8 Å². The number of carbonyl (C=O) groups excluding carboxylic acids is 1. The molecule has 0 spiro atoms. The first-order valence-corrected chi connectivity index (χ1v) is 12.1. The van der Waals surface area contributed by atoms with Crippen molar-refractivity contribution in [3.63, 3.8) is 0 Å². The molecule has 2 aromatic carbocycles. The van der Waals surface area contributed by atoms with E-state index in [0.717, 1.165) is 29.7 Å². The third-order valence-corrected chi connectivity index (χ3v) is 7.89. The molecule has 1 aromatic heterocycles. The minimum atomic E-state index is -4.06. The first kappa shape index (κ1) is 23.1. The minimum absolute atomic E-state index is 0.0914. The first-order valence-electron chi connectivity index (χ1n) is 10.7. The fourth-order valence-corrected chi connectivity index (χ4v) is 5.55. The zero-order valence-corrected chi connectivity index (χ0v) is 19.2. The van der Waals surface area contributed by atoms with Crippen LogP contribution in [0.25, 0.3) is 11.0 Å². The summed E-state index contributed by atoms with van der Waals surface area (Å²) in [5.74, 6) is -1.75. The number of benzene rings is 2. The molecule has 1 fully saturated rings. The summed E-state index contributed by atoms with van der Waals surface area (Å²) in [6.07, 6.45) is 2.34. The highest BCUT2D eigenvalue weighted by molar-refractivity contribution is 7.89. The molecule has 0 aliphatic carbocycles. The van der Waals surface area contributed by atoms with Crippen LogP contribution in [0.5, 0.6) is 0 Å². The van der Waals surface area contributed by atoms with E-state index in [1.165, 1.54) is 16.4 Å². The van der Waals surface area contributed by atoms with Gasteiger partial charge in [-0.15, -0.1) is 0 Å². The Kier molecular flexibility index (Phi) is 6.36. The fourth-order valence-electron chi connectivity index (χ4n) is 3.94. The summed E-state index contributed by atoms with van der Waals surface area (Å²) in [5, 5.41) is 0.637. The van der Waals surface area contributed by atoms with E-state index in [4.69, 9.17) is 9.15 Å². The lowest BCUT2D eigenvalue weighted by Crippen LogP contribution is -2.36. The highest BCUT2D eigenvalue weighted by Crippen LogP contribution is 2.26. The van der Waals surface area contributed by atoms with Crippen molar-refractivity contribution in [3.8, 4) is 0 Å². The van der Waals surface area contributed by atoms with Crippen molar-refractivity contribution in [1.82, 2.24) is 4.31 Å². The number of aryl methyl sites for hydroxylation is 2. The van der Waals surface area contributed by atoms with E-state index in [2.05, 4.69) is 0 Å². The second kappa shape index (κ2) is 9.07. The van der Waals surface area contributed by atoms with Crippen LogP contribution >= 0.6 is 0 Å². The standard InChI is InChI=1S/C24H24FNO6S/c1-15-6-8-19-18(13-22(27)32-23(19)16(15)2)14-31-24(28)17-7-9-20(25)21(12-17)33(29,30)26-10-4-3-5-11-26/h6-9,12-13H,3-5,10-11,14H2,1-2H3. The lowest BCUT2D eigenvalue weighted by Gasteiger charge is -2.26.